The highest BCUT2D eigenvalue weighted by Crippen LogP contribution is 2.32. The van der Waals surface area contributed by atoms with E-state index in [0.29, 0.717) is 5.69 Å². The van der Waals surface area contributed by atoms with Crippen LogP contribution in [0, 0.1) is 6.92 Å². The Morgan fingerprint density at radius 1 is 1.25 bits per heavy atom. The molecule has 0 heterocycles. The Labute approximate surface area is 134 Å². The SMILES string of the molecule is Cc1cc(Br)ccc1NC(=O)c1cc(Cl)cc(Cl)c1O. The molecular weight excluding hydrogens is 365 g/mol. The van der Waals surface area contributed by atoms with Crippen LogP contribution in [0.4, 0.5) is 5.69 Å². The molecule has 2 N–H and O–H groups in total. The summed E-state index contributed by atoms with van der Waals surface area (Å²) in [5, 5.41) is 12.9. The van der Waals surface area contributed by atoms with Crippen molar-refractivity contribution in [3.63, 3.8) is 0 Å². The highest BCUT2D eigenvalue weighted by molar-refractivity contribution is 9.10. The van der Waals surface area contributed by atoms with Crippen LogP contribution in [0.25, 0.3) is 0 Å². The van der Waals surface area contributed by atoms with Crippen molar-refractivity contribution in [3.8, 4) is 5.75 Å². The molecule has 0 aliphatic rings. The highest BCUT2D eigenvalue weighted by Gasteiger charge is 2.16. The molecule has 0 fully saturated rings. The fraction of sp³-hybridized carbons (Fsp3) is 0.0714. The maximum absolute atomic E-state index is 12.2. The number of carbonyl (C=O) groups excluding carboxylic acids is 1. The Morgan fingerprint density at radius 3 is 2.60 bits per heavy atom. The average molecular weight is 375 g/mol. The lowest BCUT2D eigenvalue weighted by Gasteiger charge is -2.11. The number of aryl methyl sites for hydroxylation is 1. The molecule has 0 radical (unpaired) electrons. The molecule has 104 valence electrons. The van der Waals surface area contributed by atoms with Gasteiger partial charge in [0.1, 0.15) is 5.75 Å². The van der Waals surface area contributed by atoms with Crippen LogP contribution in [0.3, 0.4) is 0 Å². The van der Waals surface area contributed by atoms with Gasteiger partial charge >= 0.3 is 0 Å². The van der Waals surface area contributed by atoms with E-state index in [1.54, 1.807) is 6.07 Å². The number of aromatic hydroxyl groups is 1. The highest BCUT2D eigenvalue weighted by atomic mass is 79.9. The first-order valence-electron chi connectivity index (χ1n) is 5.64. The minimum absolute atomic E-state index is 0.0322. The molecule has 3 nitrogen and oxygen atoms in total. The van der Waals surface area contributed by atoms with E-state index in [-0.39, 0.29) is 21.4 Å². The molecule has 0 bridgehead atoms. The summed E-state index contributed by atoms with van der Waals surface area (Å²) >= 11 is 15.0. The molecule has 2 aromatic rings. The number of phenols is 1. The number of hydrogen-bond donors (Lipinski definition) is 2. The predicted octanol–water partition coefficient (Wildman–Crippen LogP) is 5.02. The zero-order valence-electron chi connectivity index (χ0n) is 10.4. The number of halogens is 3. The number of carbonyl (C=O) groups is 1. The van der Waals surface area contributed by atoms with Crippen molar-refractivity contribution < 1.29 is 9.90 Å². The summed E-state index contributed by atoms with van der Waals surface area (Å²) in [6.07, 6.45) is 0. The number of rotatable bonds is 2. The second kappa shape index (κ2) is 6.04. The van der Waals surface area contributed by atoms with Gasteiger partial charge in [0.25, 0.3) is 5.91 Å². The molecule has 2 aromatic carbocycles. The van der Waals surface area contributed by atoms with Crippen molar-refractivity contribution in [2.45, 2.75) is 6.92 Å². The predicted molar refractivity (Wildman–Crippen MR) is 85.0 cm³/mol. The average Bonchev–Trinajstić information content (AvgIpc) is 2.37. The Hall–Kier alpha value is -1.23. The molecule has 0 unspecified atom stereocenters. The van der Waals surface area contributed by atoms with Crippen LogP contribution in [-0.4, -0.2) is 11.0 Å². The Morgan fingerprint density at radius 2 is 1.95 bits per heavy atom. The third kappa shape index (κ3) is 3.26. The van der Waals surface area contributed by atoms with Crippen molar-refractivity contribution in [1.29, 1.82) is 0 Å². The molecule has 0 aliphatic heterocycles. The van der Waals surface area contributed by atoms with E-state index in [9.17, 15) is 9.90 Å². The van der Waals surface area contributed by atoms with Crippen LogP contribution in [-0.2, 0) is 0 Å². The van der Waals surface area contributed by atoms with Crippen LogP contribution in [0.2, 0.25) is 10.0 Å². The molecule has 2 rings (SSSR count). The lowest BCUT2D eigenvalue weighted by atomic mass is 10.1. The fourth-order valence-corrected chi connectivity index (χ4v) is 2.67. The first-order chi connectivity index (χ1) is 9.38. The van der Waals surface area contributed by atoms with Crippen LogP contribution >= 0.6 is 39.1 Å². The van der Waals surface area contributed by atoms with E-state index in [0.717, 1.165) is 10.0 Å². The van der Waals surface area contributed by atoms with Crippen molar-refractivity contribution in [2.24, 2.45) is 0 Å². The van der Waals surface area contributed by atoms with Crippen molar-refractivity contribution in [2.75, 3.05) is 5.32 Å². The summed E-state index contributed by atoms with van der Waals surface area (Å²) in [7, 11) is 0. The molecular formula is C14H10BrCl2NO2. The van der Waals surface area contributed by atoms with E-state index in [4.69, 9.17) is 23.2 Å². The van der Waals surface area contributed by atoms with Gasteiger partial charge in [0.15, 0.2) is 0 Å². The lowest BCUT2D eigenvalue weighted by molar-refractivity contribution is 0.102. The largest absolute Gasteiger partial charge is 0.506 e. The number of amides is 1. The minimum Gasteiger partial charge on any atom is -0.506 e. The number of phenolic OH excluding ortho intramolecular Hbond substituents is 1. The molecule has 0 spiro atoms. The van der Waals surface area contributed by atoms with Crippen LogP contribution < -0.4 is 5.32 Å². The van der Waals surface area contributed by atoms with Gasteiger partial charge in [0.2, 0.25) is 0 Å². The van der Waals surface area contributed by atoms with Crippen LogP contribution in [0.5, 0.6) is 5.75 Å². The third-order valence-electron chi connectivity index (χ3n) is 2.71. The van der Waals surface area contributed by atoms with Gasteiger partial charge in [-0.3, -0.25) is 4.79 Å². The maximum Gasteiger partial charge on any atom is 0.259 e. The van der Waals surface area contributed by atoms with E-state index in [2.05, 4.69) is 21.2 Å². The van der Waals surface area contributed by atoms with Gasteiger partial charge in [0, 0.05) is 15.2 Å². The molecule has 0 aromatic heterocycles. The first kappa shape index (κ1) is 15.2. The summed E-state index contributed by atoms with van der Waals surface area (Å²) in [6, 6.07) is 8.20. The van der Waals surface area contributed by atoms with Gasteiger partial charge in [0.05, 0.1) is 10.6 Å². The summed E-state index contributed by atoms with van der Waals surface area (Å²) in [4.78, 5) is 12.2. The number of benzene rings is 2. The summed E-state index contributed by atoms with van der Waals surface area (Å²) < 4.78 is 0.918. The third-order valence-corrected chi connectivity index (χ3v) is 3.71. The topological polar surface area (TPSA) is 49.3 Å². The van der Waals surface area contributed by atoms with Crippen molar-refractivity contribution >= 4 is 50.7 Å². The van der Waals surface area contributed by atoms with E-state index in [1.807, 2.05) is 19.1 Å². The number of nitrogens with one attached hydrogen (secondary N) is 1. The second-order valence-electron chi connectivity index (χ2n) is 4.20. The summed E-state index contributed by atoms with van der Waals surface area (Å²) in [5.74, 6) is -0.763. The zero-order valence-corrected chi connectivity index (χ0v) is 13.5. The molecule has 0 saturated heterocycles. The van der Waals surface area contributed by atoms with Gasteiger partial charge in [-0.2, -0.15) is 0 Å². The lowest BCUT2D eigenvalue weighted by Crippen LogP contribution is -2.13. The fourth-order valence-electron chi connectivity index (χ4n) is 1.70. The smallest absolute Gasteiger partial charge is 0.259 e. The summed E-state index contributed by atoms with van der Waals surface area (Å²) in [5.41, 5.74) is 1.57. The molecule has 20 heavy (non-hydrogen) atoms. The van der Waals surface area contributed by atoms with Crippen molar-refractivity contribution in [1.82, 2.24) is 0 Å². The van der Waals surface area contributed by atoms with Crippen molar-refractivity contribution in [3.05, 3.63) is 56.0 Å². The maximum atomic E-state index is 12.2. The van der Waals surface area contributed by atoms with Gasteiger partial charge in [-0.25, -0.2) is 0 Å². The number of hydrogen-bond acceptors (Lipinski definition) is 2. The van der Waals surface area contributed by atoms with Gasteiger partial charge in [-0.15, -0.1) is 0 Å². The Balaban J connectivity index is 2.33. The van der Waals surface area contributed by atoms with Gasteiger partial charge in [-0.1, -0.05) is 39.1 Å². The van der Waals surface area contributed by atoms with E-state index >= 15 is 0 Å². The van der Waals surface area contributed by atoms with Gasteiger partial charge in [-0.05, 0) is 42.8 Å². The number of anilines is 1. The second-order valence-corrected chi connectivity index (χ2v) is 5.96. The van der Waals surface area contributed by atoms with Gasteiger partial charge < -0.3 is 10.4 Å². The van der Waals surface area contributed by atoms with E-state index < -0.39 is 5.91 Å². The molecule has 0 atom stereocenters. The molecule has 0 saturated carbocycles. The summed E-state index contributed by atoms with van der Waals surface area (Å²) in [6.45, 7) is 1.87. The standard InChI is InChI=1S/C14H10BrCl2NO2/c1-7-4-8(15)2-3-12(7)18-14(20)10-5-9(16)6-11(17)13(10)19/h2-6,19H,1H3,(H,18,20). The quantitative estimate of drug-likeness (QED) is 0.775. The van der Waals surface area contributed by atoms with Crippen LogP contribution in [0.1, 0.15) is 15.9 Å². The molecule has 0 aliphatic carbocycles. The normalized spacial score (nSPS) is 10.4. The van der Waals surface area contributed by atoms with Crippen LogP contribution in [0.15, 0.2) is 34.8 Å². The Kier molecular flexibility index (Phi) is 4.58. The monoisotopic (exact) mass is 373 g/mol. The first-order valence-corrected chi connectivity index (χ1v) is 7.19. The molecule has 6 heteroatoms. The molecule has 1 amide bonds. The van der Waals surface area contributed by atoms with E-state index in [1.165, 1.54) is 12.1 Å². The zero-order chi connectivity index (χ0) is 14.9. The Bertz CT molecular complexity index is 689. The minimum atomic E-state index is -0.475.